The minimum Gasteiger partial charge on any atom is -0.478 e. The van der Waals surface area contributed by atoms with Gasteiger partial charge in [0, 0.05) is 28.0 Å². The van der Waals surface area contributed by atoms with Crippen LogP contribution in [0.25, 0.3) is 10.9 Å². The molecule has 0 amide bonds. The summed E-state index contributed by atoms with van der Waals surface area (Å²) < 4.78 is 0. The molecule has 1 heterocycles. The van der Waals surface area contributed by atoms with Crippen molar-refractivity contribution in [3.8, 4) is 0 Å². The molecule has 5 heteroatoms. The van der Waals surface area contributed by atoms with Crippen molar-refractivity contribution in [1.82, 2.24) is 4.98 Å². The smallest absolute Gasteiger partial charge is 0.335 e. The molecule has 0 aliphatic heterocycles. The number of anilines is 2. The van der Waals surface area contributed by atoms with Crippen LogP contribution in [0.2, 0.25) is 5.02 Å². The SMILES string of the molecule is Cc1ccc(C(=O)O)cc1Nc1ccnc2ccc(Cl)cc12. The van der Waals surface area contributed by atoms with E-state index in [1.165, 1.54) is 0 Å². The lowest BCUT2D eigenvalue weighted by atomic mass is 10.1. The molecule has 0 radical (unpaired) electrons. The highest BCUT2D eigenvalue weighted by atomic mass is 35.5. The van der Waals surface area contributed by atoms with E-state index in [1.54, 1.807) is 30.5 Å². The number of carbonyl (C=O) groups is 1. The largest absolute Gasteiger partial charge is 0.478 e. The van der Waals surface area contributed by atoms with Gasteiger partial charge in [-0.15, -0.1) is 0 Å². The Kier molecular flexibility index (Phi) is 3.69. The van der Waals surface area contributed by atoms with E-state index in [9.17, 15) is 4.79 Å². The molecule has 2 N–H and O–H groups in total. The number of nitrogens with zero attached hydrogens (tertiary/aromatic N) is 1. The van der Waals surface area contributed by atoms with Crippen LogP contribution in [-0.2, 0) is 0 Å². The van der Waals surface area contributed by atoms with E-state index in [0.717, 1.165) is 27.8 Å². The minimum absolute atomic E-state index is 0.240. The van der Waals surface area contributed by atoms with Crippen LogP contribution in [0, 0.1) is 6.92 Å². The summed E-state index contributed by atoms with van der Waals surface area (Å²) in [6.45, 7) is 1.92. The quantitative estimate of drug-likeness (QED) is 0.739. The number of rotatable bonds is 3. The summed E-state index contributed by atoms with van der Waals surface area (Å²) >= 11 is 6.06. The standard InChI is InChI=1S/C17H13ClN2O2/c1-10-2-3-11(17(21)22)8-16(10)20-15-6-7-19-14-5-4-12(18)9-13(14)15/h2-9H,1H3,(H,19,20)(H,21,22). The fraction of sp³-hybridized carbons (Fsp3) is 0.0588. The summed E-state index contributed by atoms with van der Waals surface area (Å²) in [5.74, 6) is -0.953. The second-order valence-corrected chi connectivity index (χ2v) is 5.42. The average molecular weight is 313 g/mol. The number of aromatic nitrogens is 1. The van der Waals surface area contributed by atoms with Crippen molar-refractivity contribution in [1.29, 1.82) is 0 Å². The van der Waals surface area contributed by atoms with Crippen LogP contribution >= 0.6 is 11.6 Å². The zero-order valence-electron chi connectivity index (χ0n) is 11.8. The van der Waals surface area contributed by atoms with E-state index in [-0.39, 0.29) is 5.56 Å². The molecule has 0 atom stereocenters. The van der Waals surface area contributed by atoms with Gasteiger partial charge in [-0.25, -0.2) is 4.79 Å². The number of carboxylic acid groups (broad SMARTS) is 1. The number of carboxylic acids is 1. The van der Waals surface area contributed by atoms with Gasteiger partial charge in [0.25, 0.3) is 0 Å². The predicted octanol–water partition coefficient (Wildman–Crippen LogP) is 4.64. The number of hydrogen-bond donors (Lipinski definition) is 2. The van der Waals surface area contributed by atoms with Crippen LogP contribution in [0.4, 0.5) is 11.4 Å². The molecule has 4 nitrogen and oxygen atoms in total. The zero-order valence-corrected chi connectivity index (χ0v) is 12.6. The number of hydrogen-bond acceptors (Lipinski definition) is 3. The summed E-state index contributed by atoms with van der Waals surface area (Å²) in [5.41, 5.74) is 3.59. The first kappa shape index (κ1) is 14.4. The van der Waals surface area contributed by atoms with Crippen molar-refractivity contribution in [2.75, 3.05) is 5.32 Å². The van der Waals surface area contributed by atoms with Crippen molar-refractivity contribution < 1.29 is 9.90 Å². The Morgan fingerprint density at radius 3 is 2.73 bits per heavy atom. The van der Waals surface area contributed by atoms with Gasteiger partial charge in [0.15, 0.2) is 0 Å². The second-order valence-electron chi connectivity index (χ2n) is 4.98. The Hall–Kier alpha value is -2.59. The topological polar surface area (TPSA) is 62.2 Å². The molecular weight excluding hydrogens is 300 g/mol. The van der Waals surface area contributed by atoms with E-state index in [4.69, 9.17) is 16.7 Å². The molecule has 0 bridgehead atoms. The lowest BCUT2D eigenvalue weighted by Gasteiger charge is -2.12. The molecule has 0 saturated carbocycles. The van der Waals surface area contributed by atoms with E-state index in [1.807, 2.05) is 25.1 Å². The number of pyridine rings is 1. The maximum atomic E-state index is 11.1. The number of fused-ring (bicyclic) bond motifs is 1. The molecule has 110 valence electrons. The highest BCUT2D eigenvalue weighted by molar-refractivity contribution is 6.31. The molecular formula is C17H13ClN2O2. The molecule has 0 saturated heterocycles. The number of aromatic carboxylic acids is 1. The monoisotopic (exact) mass is 312 g/mol. The van der Waals surface area contributed by atoms with Gasteiger partial charge in [-0.1, -0.05) is 17.7 Å². The zero-order chi connectivity index (χ0) is 15.7. The van der Waals surface area contributed by atoms with Gasteiger partial charge in [-0.05, 0) is 48.9 Å². The lowest BCUT2D eigenvalue weighted by Crippen LogP contribution is -2.00. The molecule has 0 spiro atoms. The van der Waals surface area contributed by atoms with Gasteiger partial charge < -0.3 is 10.4 Å². The fourth-order valence-electron chi connectivity index (χ4n) is 2.26. The van der Waals surface area contributed by atoms with E-state index >= 15 is 0 Å². The maximum absolute atomic E-state index is 11.1. The summed E-state index contributed by atoms with van der Waals surface area (Å²) in [5, 5.41) is 13.9. The van der Waals surface area contributed by atoms with Crippen LogP contribution in [-0.4, -0.2) is 16.1 Å². The molecule has 1 aromatic heterocycles. The minimum atomic E-state index is -0.953. The number of benzene rings is 2. The number of nitrogens with one attached hydrogen (secondary N) is 1. The number of halogens is 1. The number of aryl methyl sites for hydroxylation is 1. The Morgan fingerprint density at radius 1 is 1.14 bits per heavy atom. The Morgan fingerprint density at radius 2 is 1.95 bits per heavy atom. The van der Waals surface area contributed by atoms with Gasteiger partial charge in [-0.3, -0.25) is 4.98 Å². The fourth-order valence-corrected chi connectivity index (χ4v) is 2.43. The maximum Gasteiger partial charge on any atom is 0.335 e. The molecule has 0 aliphatic rings. The molecule has 3 rings (SSSR count). The first-order valence-electron chi connectivity index (χ1n) is 6.70. The van der Waals surface area contributed by atoms with Crippen molar-refractivity contribution in [3.05, 3.63) is 64.8 Å². The van der Waals surface area contributed by atoms with Gasteiger partial charge >= 0.3 is 5.97 Å². The third-order valence-electron chi connectivity index (χ3n) is 3.46. The third kappa shape index (κ3) is 2.73. The normalized spacial score (nSPS) is 10.6. The molecule has 2 aromatic carbocycles. The van der Waals surface area contributed by atoms with Crippen molar-refractivity contribution in [2.24, 2.45) is 0 Å². The van der Waals surface area contributed by atoms with Crippen LogP contribution < -0.4 is 5.32 Å². The van der Waals surface area contributed by atoms with E-state index < -0.39 is 5.97 Å². The summed E-state index contributed by atoms with van der Waals surface area (Å²) in [6, 6.07) is 12.3. The van der Waals surface area contributed by atoms with Crippen molar-refractivity contribution >= 4 is 39.8 Å². The molecule has 0 fully saturated rings. The van der Waals surface area contributed by atoms with Crippen LogP contribution in [0.3, 0.4) is 0 Å². The van der Waals surface area contributed by atoms with Gasteiger partial charge in [0.05, 0.1) is 11.1 Å². The van der Waals surface area contributed by atoms with Crippen LogP contribution in [0.1, 0.15) is 15.9 Å². The highest BCUT2D eigenvalue weighted by Gasteiger charge is 2.08. The van der Waals surface area contributed by atoms with Crippen LogP contribution in [0.5, 0.6) is 0 Å². The van der Waals surface area contributed by atoms with E-state index in [0.29, 0.717) is 5.02 Å². The van der Waals surface area contributed by atoms with Gasteiger partial charge in [0.1, 0.15) is 0 Å². The predicted molar refractivity (Wildman–Crippen MR) is 88.2 cm³/mol. The van der Waals surface area contributed by atoms with Crippen molar-refractivity contribution in [2.45, 2.75) is 6.92 Å². The summed E-state index contributed by atoms with van der Waals surface area (Å²) in [6.07, 6.45) is 1.70. The molecule has 0 unspecified atom stereocenters. The van der Waals surface area contributed by atoms with Gasteiger partial charge in [-0.2, -0.15) is 0 Å². The van der Waals surface area contributed by atoms with E-state index in [2.05, 4.69) is 10.3 Å². The Bertz CT molecular complexity index is 878. The third-order valence-corrected chi connectivity index (χ3v) is 3.69. The lowest BCUT2D eigenvalue weighted by molar-refractivity contribution is 0.0697. The Labute approximate surface area is 132 Å². The molecule has 22 heavy (non-hydrogen) atoms. The van der Waals surface area contributed by atoms with Crippen LogP contribution in [0.15, 0.2) is 48.7 Å². The van der Waals surface area contributed by atoms with Crippen molar-refractivity contribution in [3.63, 3.8) is 0 Å². The first-order valence-corrected chi connectivity index (χ1v) is 7.07. The molecule has 0 aliphatic carbocycles. The summed E-state index contributed by atoms with van der Waals surface area (Å²) in [4.78, 5) is 15.4. The van der Waals surface area contributed by atoms with Gasteiger partial charge in [0.2, 0.25) is 0 Å². The molecule has 3 aromatic rings. The first-order chi connectivity index (χ1) is 10.5. The Balaban J connectivity index is 2.09. The second kappa shape index (κ2) is 5.66. The average Bonchev–Trinajstić information content (AvgIpc) is 2.49. The highest BCUT2D eigenvalue weighted by Crippen LogP contribution is 2.29. The summed E-state index contributed by atoms with van der Waals surface area (Å²) in [7, 11) is 0.